The first-order valence-corrected chi connectivity index (χ1v) is 9.58. The summed E-state index contributed by atoms with van der Waals surface area (Å²) >= 11 is 0.933. The maximum absolute atomic E-state index is 11.8. The molecule has 0 bridgehead atoms. The topological polar surface area (TPSA) is 106 Å². The Balaban J connectivity index is 2.69. The zero-order valence-electron chi connectivity index (χ0n) is 10.6. The maximum Gasteiger partial charge on any atom is 0.252 e. The highest BCUT2D eigenvalue weighted by Gasteiger charge is 2.20. The van der Waals surface area contributed by atoms with Crippen LogP contribution < -0.4 is 10.5 Å². The number of sulfonamides is 1. The van der Waals surface area contributed by atoms with Crippen LogP contribution in [0.1, 0.15) is 22.3 Å². The van der Waals surface area contributed by atoms with E-state index in [0.29, 0.717) is 29.8 Å². The van der Waals surface area contributed by atoms with Gasteiger partial charge in [0.05, 0.1) is 5.56 Å². The molecule has 0 saturated carbocycles. The number of carbonyl (C=O) groups is 1. The molecule has 0 aliphatic rings. The Morgan fingerprint density at radius 2 is 2.16 bits per heavy atom. The van der Waals surface area contributed by atoms with Gasteiger partial charge in [-0.15, -0.1) is 11.3 Å². The lowest BCUT2D eigenvalue weighted by molar-refractivity contribution is 0.0953. The van der Waals surface area contributed by atoms with Crippen molar-refractivity contribution >= 4 is 38.1 Å². The maximum atomic E-state index is 11.8. The van der Waals surface area contributed by atoms with Gasteiger partial charge >= 0.3 is 0 Å². The van der Waals surface area contributed by atoms with Crippen molar-refractivity contribution in [2.75, 3.05) is 18.6 Å². The van der Waals surface area contributed by atoms with Crippen molar-refractivity contribution in [2.24, 2.45) is 5.14 Å². The smallest absolute Gasteiger partial charge is 0.252 e. The van der Waals surface area contributed by atoms with E-state index in [9.17, 15) is 17.4 Å². The minimum atomic E-state index is -3.78. The van der Waals surface area contributed by atoms with Crippen LogP contribution in [0.4, 0.5) is 0 Å². The quantitative estimate of drug-likeness (QED) is 0.729. The van der Waals surface area contributed by atoms with Crippen LogP contribution in [0.3, 0.4) is 0 Å². The van der Waals surface area contributed by atoms with Gasteiger partial charge in [-0.05, 0) is 18.9 Å². The summed E-state index contributed by atoms with van der Waals surface area (Å²) in [4.78, 5) is 11.8. The predicted molar refractivity (Wildman–Crippen MR) is 76.3 cm³/mol. The van der Waals surface area contributed by atoms with Crippen LogP contribution in [0.5, 0.6) is 0 Å². The molecule has 0 spiro atoms. The molecule has 6 nitrogen and oxygen atoms in total. The number of hydrogen-bond donors (Lipinski definition) is 2. The van der Waals surface area contributed by atoms with Gasteiger partial charge in [-0.1, -0.05) is 0 Å². The van der Waals surface area contributed by atoms with Crippen LogP contribution in [0.15, 0.2) is 9.59 Å². The average Bonchev–Trinajstić information content (AvgIpc) is 2.65. The highest BCUT2D eigenvalue weighted by Crippen LogP contribution is 2.25. The van der Waals surface area contributed by atoms with Gasteiger partial charge in [0.15, 0.2) is 0 Å². The highest BCUT2D eigenvalue weighted by molar-refractivity contribution is 7.91. The molecule has 1 aromatic rings. The van der Waals surface area contributed by atoms with E-state index in [-0.39, 0.29) is 10.1 Å². The molecule has 0 radical (unpaired) electrons. The number of nitrogens with one attached hydrogen (secondary N) is 1. The summed E-state index contributed by atoms with van der Waals surface area (Å²) in [5.41, 5.74) is 0.677. The van der Waals surface area contributed by atoms with Crippen molar-refractivity contribution in [1.82, 2.24) is 5.32 Å². The van der Waals surface area contributed by atoms with E-state index in [1.54, 1.807) is 13.2 Å². The zero-order valence-corrected chi connectivity index (χ0v) is 13.1. The summed E-state index contributed by atoms with van der Waals surface area (Å²) in [6, 6.07) is 0. The molecule has 0 fully saturated rings. The molecule has 0 saturated heterocycles. The van der Waals surface area contributed by atoms with E-state index in [4.69, 9.17) is 5.14 Å². The summed E-state index contributed by atoms with van der Waals surface area (Å²) in [7, 11) is -4.67. The molecule has 9 heteroatoms. The highest BCUT2D eigenvalue weighted by atomic mass is 32.2. The molecule has 1 heterocycles. The number of amides is 1. The molecule has 1 unspecified atom stereocenters. The minimum Gasteiger partial charge on any atom is -0.352 e. The Kier molecular flexibility index (Phi) is 5.65. The lowest BCUT2D eigenvalue weighted by Crippen LogP contribution is -2.25. The normalized spacial score (nSPS) is 13.2. The van der Waals surface area contributed by atoms with Gasteiger partial charge < -0.3 is 5.32 Å². The molecule has 108 valence electrons. The predicted octanol–water partition coefficient (Wildman–Crippen LogP) is 0.202. The van der Waals surface area contributed by atoms with Crippen molar-refractivity contribution in [3.63, 3.8) is 0 Å². The van der Waals surface area contributed by atoms with Crippen LogP contribution in [-0.2, 0) is 20.8 Å². The van der Waals surface area contributed by atoms with Crippen molar-refractivity contribution in [3.05, 3.63) is 16.5 Å². The van der Waals surface area contributed by atoms with Crippen molar-refractivity contribution < 1.29 is 17.4 Å². The molecule has 19 heavy (non-hydrogen) atoms. The molecular weight excluding hydrogens is 308 g/mol. The largest absolute Gasteiger partial charge is 0.352 e. The first-order valence-electron chi connectivity index (χ1n) is 5.42. The summed E-state index contributed by atoms with van der Waals surface area (Å²) in [5.74, 6) is 0.177. The average molecular weight is 324 g/mol. The Labute approximate surface area is 118 Å². The third-order valence-corrected chi connectivity index (χ3v) is 5.94. The molecule has 1 rings (SSSR count). The summed E-state index contributed by atoms with van der Waals surface area (Å²) < 4.78 is 33.3. The fraction of sp³-hybridized carbons (Fsp3) is 0.500. The second-order valence-electron chi connectivity index (χ2n) is 3.99. The van der Waals surface area contributed by atoms with Crippen molar-refractivity contribution in [1.29, 1.82) is 0 Å². The molecule has 1 atom stereocenters. The SMILES string of the molecule is Cc1c(C(=O)NCCCS(C)=O)csc1S(N)(=O)=O. The van der Waals surface area contributed by atoms with Gasteiger partial charge in [0.2, 0.25) is 10.0 Å². The molecule has 1 aromatic heterocycles. The van der Waals surface area contributed by atoms with Crippen LogP contribution >= 0.6 is 11.3 Å². The lowest BCUT2D eigenvalue weighted by atomic mass is 10.2. The lowest BCUT2D eigenvalue weighted by Gasteiger charge is -2.04. The van der Waals surface area contributed by atoms with Crippen molar-refractivity contribution in [3.8, 4) is 0 Å². The second-order valence-corrected chi connectivity index (χ2v) is 8.18. The van der Waals surface area contributed by atoms with E-state index in [1.807, 2.05) is 0 Å². The van der Waals surface area contributed by atoms with Crippen LogP contribution in [0, 0.1) is 6.92 Å². The number of hydrogen-bond acceptors (Lipinski definition) is 5. The first-order chi connectivity index (χ1) is 8.73. The van der Waals surface area contributed by atoms with Crippen LogP contribution in [0.25, 0.3) is 0 Å². The standard InChI is InChI=1S/C10H16N2O4S3/c1-7-8(6-17-10(7)19(11,15)16)9(13)12-4-3-5-18(2)14/h6H,3-5H2,1-2H3,(H,12,13)(H2,11,15,16). The van der Waals surface area contributed by atoms with E-state index in [1.165, 1.54) is 5.38 Å². The Bertz CT molecular complexity index is 592. The molecule has 3 N–H and O–H groups in total. The van der Waals surface area contributed by atoms with E-state index in [2.05, 4.69) is 5.32 Å². The Hall–Kier alpha value is -0.770. The number of rotatable bonds is 6. The van der Waals surface area contributed by atoms with Crippen molar-refractivity contribution in [2.45, 2.75) is 17.6 Å². The molecule has 0 aliphatic carbocycles. The van der Waals surface area contributed by atoms with Gasteiger partial charge in [-0.3, -0.25) is 9.00 Å². The van der Waals surface area contributed by atoms with Crippen LogP contribution in [-0.4, -0.2) is 37.1 Å². The van der Waals surface area contributed by atoms with E-state index < -0.39 is 20.8 Å². The van der Waals surface area contributed by atoms with Gasteiger partial charge in [0, 0.05) is 34.7 Å². The molecule has 0 aliphatic heterocycles. The summed E-state index contributed by atoms with van der Waals surface area (Å²) in [6.07, 6.45) is 2.21. The number of primary sulfonamides is 1. The first kappa shape index (κ1) is 16.3. The summed E-state index contributed by atoms with van der Waals surface area (Å²) in [5, 5.41) is 9.18. The number of carbonyl (C=O) groups excluding carboxylic acids is 1. The monoisotopic (exact) mass is 324 g/mol. The fourth-order valence-electron chi connectivity index (χ4n) is 1.48. The van der Waals surface area contributed by atoms with E-state index >= 15 is 0 Å². The van der Waals surface area contributed by atoms with Gasteiger partial charge in [-0.25, -0.2) is 13.6 Å². The fourth-order valence-corrected chi connectivity index (χ4v) is 4.04. The second kappa shape index (κ2) is 6.60. The Morgan fingerprint density at radius 3 is 2.63 bits per heavy atom. The summed E-state index contributed by atoms with van der Waals surface area (Å²) in [6.45, 7) is 1.95. The van der Waals surface area contributed by atoms with E-state index in [0.717, 1.165) is 11.3 Å². The molecular formula is C10H16N2O4S3. The number of thiophene rings is 1. The third-order valence-electron chi connectivity index (χ3n) is 2.39. The molecule has 0 aromatic carbocycles. The Morgan fingerprint density at radius 1 is 1.53 bits per heavy atom. The van der Waals surface area contributed by atoms with Gasteiger partial charge in [0.25, 0.3) is 5.91 Å². The van der Waals surface area contributed by atoms with Gasteiger partial charge in [0.1, 0.15) is 4.21 Å². The third kappa shape index (κ3) is 4.68. The number of nitrogens with two attached hydrogens (primary N) is 1. The van der Waals surface area contributed by atoms with Crippen LogP contribution in [0.2, 0.25) is 0 Å². The van der Waals surface area contributed by atoms with Gasteiger partial charge in [-0.2, -0.15) is 0 Å². The molecule has 1 amide bonds. The minimum absolute atomic E-state index is 0.00677. The zero-order chi connectivity index (χ0) is 14.6.